The number of nitrogens with zero attached hydrogens (tertiary/aromatic N) is 3. The topological polar surface area (TPSA) is 56.7 Å². The van der Waals surface area contributed by atoms with E-state index in [1.807, 2.05) is 16.8 Å². The van der Waals surface area contributed by atoms with Gasteiger partial charge < -0.3 is 5.73 Å². The Balaban J connectivity index is 1.92. The van der Waals surface area contributed by atoms with Crippen LogP contribution in [-0.4, -0.2) is 15.0 Å². The third-order valence-corrected chi connectivity index (χ3v) is 4.45. The van der Waals surface area contributed by atoms with E-state index in [1.165, 1.54) is 25.0 Å². The van der Waals surface area contributed by atoms with Crippen molar-refractivity contribution >= 4 is 23.2 Å². The number of hydrogen-bond acceptors (Lipinski definition) is 3. The lowest BCUT2D eigenvalue weighted by molar-refractivity contribution is 0.390. The van der Waals surface area contributed by atoms with Crippen molar-refractivity contribution < 1.29 is 0 Å². The molecule has 0 bridgehead atoms. The van der Waals surface area contributed by atoms with E-state index in [1.54, 1.807) is 6.07 Å². The molecule has 1 aliphatic rings. The van der Waals surface area contributed by atoms with Crippen molar-refractivity contribution in [1.29, 1.82) is 0 Å². The summed E-state index contributed by atoms with van der Waals surface area (Å²) in [6.45, 7) is 1.04. The number of halogens is 2. The Morgan fingerprint density at radius 3 is 2.70 bits per heavy atom. The highest BCUT2D eigenvalue weighted by Gasteiger charge is 2.27. The fourth-order valence-corrected chi connectivity index (χ4v) is 3.03. The molecule has 1 aromatic heterocycles. The molecular formula is C14H16Cl2N4. The molecule has 3 rings (SSSR count). The first kappa shape index (κ1) is 13.9. The van der Waals surface area contributed by atoms with E-state index in [0.29, 0.717) is 29.1 Å². The van der Waals surface area contributed by atoms with Gasteiger partial charge in [-0.3, -0.25) is 0 Å². The Morgan fingerprint density at radius 1 is 1.30 bits per heavy atom. The van der Waals surface area contributed by atoms with Gasteiger partial charge in [-0.25, -0.2) is 4.68 Å². The maximum Gasteiger partial charge on any atom is 0.0997 e. The van der Waals surface area contributed by atoms with Crippen molar-refractivity contribution in [2.75, 3.05) is 0 Å². The quantitative estimate of drug-likeness (QED) is 0.942. The molecule has 0 amide bonds. The van der Waals surface area contributed by atoms with Crippen LogP contribution >= 0.6 is 23.2 Å². The maximum atomic E-state index is 6.23. The van der Waals surface area contributed by atoms with Gasteiger partial charge in [0.25, 0.3) is 0 Å². The number of nitrogens with two attached hydrogens (primary N) is 1. The lowest BCUT2D eigenvalue weighted by atomic mass is 9.82. The summed E-state index contributed by atoms with van der Waals surface area (Å²) in [5, 5.41) is 9.74. The molecule has 4 nitrogen and oxygen atoms in total. The van der Waals surface area contributed by atoms with Crippen molar-refractivity contribution in [3.8, 4) is 0 Å². The summed E-state index contributed by atoms with van der Waals surface area (Å²) < 4.78 is 1.93. The second-order valence-corrected chi connectivity index (χ2v) is 5.99. The van der Waals surface area contributed by atoms with Crippen LogP contribution in [0, 0.1) is 0 Å². The summed E-state index contributed by atoms with van der Waals surface area (Å²) >= 11 is 12.2. The lowest BCUT2D eigenvalue weighted by Gasteiger charge is -2.26. The summed E-state index contributed by atoms with van der Waals surface area (Å²) in [5.41, 5.74) is 8.83. The number of aromatic nitrogens is 3. The van der Waals surface area contributed by atoms with Gasteiger partial charge in [0.05, 0.1) is 17.9 Å². The van der Waals surface area contributed by atoms with Gasteiger partial charge in [-0.15, -0.1) is 5.10 Å². The third-order valence-electron chi connectivity index (χ3n) is 3.87. The molecule has 1 fully saturated rings. The van der Waals surface area contributed by atoms with Gasteiger partial charge in [0, 0.05) is 22.5 Å². The molecule has 20 heavy (non-hydrogen) atoms. The minimum atomic E-state index is 0.431. The summed E-state index contributed by atoms with van der Waals surface area (Å²) in [6, 6.07) is 5.52. The van der Waals surface area contributed by atoms with Crippen LogP contribution in [0.1, 0.15) is 42.1 Å². The Labute approximate surface area is 127 Å². The van der Waals surface area contributed by atoms with E-state index in [0.717, 1.165) is 11.3 Å². The van der Waals surface area contributed by atoms with Crippen LogP contribution < -0.4 is 5.73 Å². The SMILES string of the molecule is NCc1nnn(Cc2ccc(Cl)cc2Cl)c1C1CCC1. The van der Waals surface area contributed by atoms with Crippen LogP contribution in [0.4, 0.5) is 0 Å². The minimum absolute atomic E-state index is 0.431. The smallest absolute Gasteiger partial charge is 0.0997 e. The van der Waals surface area contributed by atoms with Gasteiger partial charge in [0.2, 0.25) is 0 Å². The molecule has 0 aliphatic heterocycles. The molecule has 0 radical (unpaired) electrons. The van der Waals surface area contributed by atoms with Crippen molar-refractivity contribution in [1.82, 2.24) is 15.0 Å². The molecular weight excluding hydrogens is 295 g/mol. The second kappa shape index (κ2) is 5.72. The van der Waals surface area contributed by atoms with Gasteiger partial charge >= 0.3 is 0 Å². The Bertz CT molecular complexity index is 620. The van der Waals surface area contributed by atoms with Gasteiger partial charge in [-0.05, 0) is 30.5 Å². The highest BCUT2D eigenvalue weighted by atomic mass is 35.5. The lowest BCUT2D eigenvalue weighted by Crippen LogP contribution is -2.18. The van der Waals surface area contributed by atoms with E-state index in [4.69, 9.17) is 28.9 Å². The van der Waals surface area contributed by atoms with Crippen molar-refractivity contribution in [3.63, 3.8) is 0 Å². The fraction of sp³-hybridized carbons (Fsp3) is 0.429. The van der Waals surface area contributed by atoms with Crippen molar-refractivity contribution in [2.24, 2.45) is 5.73 Å². The van der Waals surface area contributed by atoms with Crippen LogP contribution in [0.2, 0.25) is 10.0 Å². The Morgan fingerprint density at radius 2 is 2.10 bits per heavy atom. The monoisotopic (exact) mass is 310 g/mol. The molecule has 1 heterocycles. The van der Waals surface area contributed by atoms with Gasteiger partial charge in [-0.1, -0.05) is 40.9 Å². The van der Waals surface area contributed by atoms with Crippen molar-refractivity contribution in [2.45, 2.75) is 38.3 Å². The molecule has 2 N–H and O–H groups in total. The fourth-order valence-electron chi connectivity index (χ4n) is 2.56. The molecule has 0 spiro atoms. The first-order chi connectivity index (χ1) is 9.69. The highest BCUT2D eigenvalue weighted by Crippen LogP contribution is 2.37. The summed E-state index contributed by atoms with van der Waals surface area (Å²) in [4.78, 5) is 0. The zero-order chi connectivity index (χ0) is 14.1. The number of hydrogen-bond donors (Lipinski definition) is 1. The zero-order valence-electron chi connectivity index (χ0n) is 11.0. The highest BCUT2D eigenvalue weighted by molar-refractivity contribution is 6.35. The Hall–Kier alpha value is -1.10. The molecule has 0 atom stereocenters. The molecule has 6 heteroatoms. The molecule has 106 valence electrons. The van der Waals surface area contributed by atoms with Gasteiger partial charge in [0.1, 0.15) is 0 Å². The number of benzene rings is 1. The van der Waals surface area contributed by atoms with Gasteiger partial charge in [-0.2, -0.15) is 0 Å². The van der Waals surface area contributed by atoms with E-state index >= 15 is 0 Å². The maximum absolute atomic E-state index is 6.23. The van der Waals surface area contributed by atoms with Crippen LogP contribution in [0.5, 0.6) is 0 Å². The molecule has 1 aliphatic carbocycles. The van der Waals surface area contributed by atoms with Gasteiger partial charge in [0.15, 0.2) is 0 Å². The predicted molar refractivity (Wildman–Crippen MR) is 80.1 cm³/mol. The summed E-state index contributed by atoms with van der Waals surface area (Å²) in [6.07, 6.45) is 3.64. The normalized spacial score (nSPS) is 15.3. The van der Waals surface area contributed by atoms with Crippen molar-refractivity contribution in [3.05, 3.63) is 45.2 Å². The second-order valence-electron chi connectivity index (χ2n) is 5.15. The van der Waals surface area contributed by atoms with Crippen LogP contribution in [0.15, 0.2) is 18.2 Å². The minimum Gasteiger partial charge on any atom is -0.325 e. The van der Waals surface area contributed by atoms with E-state index in [2.05, 4.69) is 10.3 Å². The zero-order valence-corrected chi connectivity index (χ0v) is 12.5. The molecule has 0 saturated heterocycles. The average molecular weight is 311 g/mol. The predicted octanol–water partition coefficient (Wildman–Crippen LogP) is 3.36. The first-order valence-electron chi connectivity index (χ1n) is 6.75. The van der Waals surface area contributed by atoms with Crippen LogP contribution in [-0.2, 0) is 13.1 Å². The van der Waals surface area contributed by atoms with E-state index in [9.17, 15) is 0 Å². The average Bonchev–Trinajstić information content (AvgIpc) is 2.74. The Kier molecular flexibility index (Phi) is 3.96. The molecule has 2 aromatic rings. The van der Waals surface area contributed by atoms with E-state index < -0.39 is 0 Å². The van der Waals surface area contributed by atoms with Crippen LogP contribution in [0.25, 0.3) is 0 Å². The summed E-state index contributed by atoms with van der Waals surface area (Å²) in [5.74, 6) is 0.537. The summed E-state index contributed by atoms with van der Waals surface area (Å²) in [7, 11) is 0. The number of rotatable bonds is 4. The standard InChI is InChI=1S/C14H16Cl2N4/c15-11-5-4-10(12(16)6-11)8-20-14(9-2-1-3-9)13(7-17)18-19-20/h4-6,9H,1-3,7-8,17H2. The van der Waals surface area contributed by atoms with Crippen LogP contribution in [0.3, 0.4) is 0 Å². The molecule has 1 aromatic carbocycles. The molecule has 0 unspecified atom stereocenters. The largest absolute Gasteiger partial charge is 0.325 e. The first-order valence-corrected chi connectivity index (χ1v) is 7.51. The molecule has 1 saturated carbocycles. The third kappa shape index (κ3) is 2.55. The van der Waals surface area contributed by atoms with E-state index in [-0.39, 0.29) is 0 Å².